The van der Waals surface area contributed by atoms with Gasteiger partial charge in [-0.25, -0.2) is 0 Å². The van der Waals surface area contributed by atoms with Crippen LogP contribution in [-0.4, -0.2) is 18.0 Å². The van der Waals surface area contributed by atoms with Gasteiger partial charge in [0.1, 0.15) is 0 Å². The van der Waals surface area contributed by atoms with Crippen LogP contribution < -0.4 is 0 Å². The van der Waals surface area contributed by atoms with Gasteiger partial charge in [-0.05, 0) is 31.5 Å². The zero-order valence-electron chi connectivity index (χ0n) is 12.1. The van der Waals surface area contributed by atoms with Crippen molar-refractivity contribution in [3.8, 4) is 0 Å². The van der Waals surface area contributed by atoms with Gasteiger partial charge in [0.25, 0.3) is 0 Å². The van der Waals surface area contributed by atoms with Crippen molar-refractivity contribution in [2.45, 2.75) is 53.5 Å². The van der Waals surface area contributed by atoms with Crippen molar-refractivity contribution in [2.24, 2.45) is 0 Å². The van der Waals surface area contributed by atoms with Crippen molar-refractivity contribution in [1.82, 2.24) is 4.90 Å². The van der Waals surface area contributed by atoms with Gasteiger partial charge in [0.05, 0.1) is 0 Å². The SMILES string of the molecule is CCC.CCCN(CCC)Cc1ccccc1. The Morgan fingerprint density at radius 1 is 0.824 bits per heavy atom. The van der Waals surface area contributed by atoms with Crippen LogP contribution in [0, 0.1) is 0 Å². The van der Waals surface area contributed by atoms with E-state index in [4.69, 9.17) is 0 Å². The topological polar surface area (TPSA) is 3.24 Å². The summed E-state index contributed by atoms with van der Waals surface area (Å²) < 4.78 is 0. The fourth-order valence-electron chi connectivity index (χ4n) is 1.74. The van der Waals surface area contributed by atoms with E-state index in [1.54, 1.807) is 0 Å². The molecule has 0 aromatic heterocycles. The van der Waals surface area contributed by atoms with Gasteiger partial charge in [0.15, 0.2) is 0 Å². The molecule has 0 heterocycles. The summed E-state index contributed by atoms with van der Waals surface area (Å²) in [5.41, 5.74) is 1.43. The van der Waals surface area contributed by atoms with Crippen LogP contribution in [0.1, 0.15) is 52.5 Å². The van der Waals surface area contributed by atoms with E-state index in [0.717, 1.165) is 6.54 Å². The molecule has 1 heteroatoms. The minimum absolute atomic E-state index is 1.10. The number of rotatable bonds is 6. The molecule has 0 N–H and O–H groups in total. The highest BCUT2D eigenvalue weighted by molar-refractivity contribution is 5.14. The molecular weight excluding hydrogens is 206 g/mol. The minimum Gasteiger partial charge on any atom is -0.299 e. The van der Waals surface area contributed by atoms with E-state index in [0.29, 0.717) is 0 Å². The monoisotopic (exact) mass is 235 g/mol. The lowest BCUT2D eigenvalue weighted by molar-refractivity contribution is 0.266. The molecule has 0 aliphatic heterocycles. The second-order valence-electron chi connectivity index (χ2n) is 4.47. The van der Waals surface area contributed by atoms with Crippen molar-refractivity contribution in [2.75, 3.05) is 13.1 Å². The number of hydrogen-bond acceptors (Lipinski definition) is 1. The van der Waals surface area contributed by atoms with Crippen LogP contribution in [0.2, 0.25) is 0 Å². The number of nitrogens with zero attached hydrogens (tertiary/aromatic N) is 1. The maximum Gasteiger partial charge on any atom is 0.0233 e. The Balaban J connectivity index is 0.000000770. The van der Waals surface area contributed by atoms with Crippen LogP contribution in [-0.2, 0) is 6.54 Å². The first-order chi connectivity index (χ1) is 8.28. The second kappa shape index (κ2) is 11.7. The number of benzene rings is 1. The summed E-state index contributed by atoms with van der Waals surface area (Å²) in [6.07, 6.45) is 3.74. The Morgan fingerprint density at radius 3 is 1.71 bits per heavy atom. The molecule has 1 aromatic rings. The van der Waals surface area contributed by atoms with Crippen molar-refractivity contribution < 1.29 is 0 Å². The molecule has 0 amide bonds. The van der Waals surface area contributed by atoms with E-state index in [9.17, 15) is 0 Å². The van der Waals surface area contributed by atoms with E-state index in [1.165, 1.54) is 37.9 Å². The van der Waals surface area contributed by atoms with Crippen LogP contribution in [0.15, 0.2) is 30.3 Å². The largest absolute Gasteiger partial charge is 0.299 e. The molecule has 17 heavy (non-hydrogen) atoms. The first-order valence-electron chi connectivity index (χ1n) is 7.04. The summed E-state index contributed by atoms with van der Waals surface area (Å²) >= 11 is 0. The normalized spacial score (nSPS) is 9.94. The summed E-state index contributed by atoms with van der Waals surface area (Å²) in [4.78, 5) is 2.52. The van der Waals surface area contributed by atoms with Gasteiger partial charge < -0.3 is 0 Å². The molecular formula is C16H29N. The van der Waals surface area contributed by atoms with Gasteiger partial charge in [-0.15, -0.1) is 0 Å². The van der Waals surface area contributed by atoms with E-state index >= 15 is 0 Å². The van der Waals surface area contributed by atoms with Gasteiger partial charge in [0.2, 0.25) is 0 Å². The van der Waals surface area contributed by atoms with Crippen LogP contribution in [0.3, 0.4) is 0 Å². The van der Waals surface area contributed by atoms with Gasteiger partial charge in [-0.2, -0.15) is 0 Å². The predicted octanol–water partition coefficient (Wildman–Crippen LogP) is 4.72. The van der Waals surface area contributed by atoms with Crippen molar-refractivity contribution in [3.63, 3.8) is 0 Å². The highest BCUT2D eigenvalue weighted by atomic mass is 15.1. The summed E-state index contributed by atoms with van der Waals surface area (Å²) in [5.74, 6) is 0. The van der Waals surface area contributed by atoms with Crippen molar-refractivity contribution >= 4 is 0 Å². The maximum atomic E-state index is 2.52. The molecule has 1 rings (SSSR count). The summed E-state index contributed by atoms with van der Waals surface area (Å²) in [7, 11) is 0. The third kappa shape index (κ3) is 8.93. The molecule has 0 aliphatic rings. The van der Waals surface area contributed by atoms with E-state index in [1.807, 2.05) is 0 Å². The Kier molecular flexibility index (Phi) is 11.1. The Hall–Kier alpha value is -0.820. The Bertz CT molecular complexity index is 237. The van der Waals surface area contributed by atoms with E-state index < -0.39 is 0 Å². The molecule has 98 valence electrons. The van der Waals surface area contributed by atoms with Gasteiger partial charge in [-0.1, -0.05) is 64.4 Å². The maximum absolute atomic E-state index is 2.52. The summed E-state index contributed by atoms with van der Waals surface area (Å²) in [6, 6.07) is 10.7. The Labute approximate surface area is 108 Å². The molecule has 1 aromatic carbocycles. The molecule has 1 nitrogen and oxygen atoms in total. The highest BCUT2D eigenvalue weighted by Gasteiger charge is 2.02. The third-order valence-corrected chi connectivity index (χ3v) is 2.33. The van der Waals surface area contributed by atoms with E-state index in [-0.39, 0.29) is 0 Å². The molecule has 0 saturated heterocycles. The molecule has 0 unspecified atom stereocenters. The second-order valence-corrected chi connectivity index (χ2v) is 4.47. The average Bonchev–Trinajstić information content (AvgIpc) is 2.32. The predicted molar refractivity (Wildman–Crippen MR) is 78.3 cm³/mol. The van der Waals surface area contributed by atoms with Crippen molar-refractivity contribution in [1.29, 1.82) is 0 Å². The van der Waals surface area contributed by atoms with Crippen LogP contribution >= 0.6 is 0 Å². The fourth-order valence-corrected chi connectivity index (χ4v) is 1.74. The molecule has 0 saturated carbocycles. The van der Waals surface area contributed by atoms with Gasteiger partial charge in [-0.3, -0.25) is 4.90 Å². The molecule has 0 fully saturated rings. The lowest BCUT2D eigenvalue weighted by atomic mass is 10.2. The zero-order valence-corrected chi connectivity index (χ0v) is 12.1. The first kappa shape index (κ1) is 16.2. The summed E-state index contributed by atoms with van der Waals surface area (Å²) in [6.45, 7) is 12.3. The Morgan fingerprint density at radius 2 is 1.29 bits per heavy atom. The fraction of sp³-hybridized carbons (Fsp3) is 0.625. The quantitative estimate of drug-likeness (QED) is 0.689. The third-order valence-electron chi connectivity index (χ3n) is 2.33. The van der Waals surface area contributed by atoms with Crippen LogP contribution in [0.4, 0.5) is 0 Å². The van der Waals surface area contributed by atoms with Gasteiger partial charge in [0, 0.05) is 6.54 Å². The van der Waals surface area contributed by atoms with Crippen LogP contribution in [0.5, 0.6) is 0 Å². The smallest absolute Gasteiger partial charge is 0.0233 e. The molecule has 0 aliphatic carbocycles. The molecule has 0 radical (unpaired) electrons. The standard InChI is InChI=1S/C13H21N.C3H8/c1-3-10-14(11-4-2)12-13-8-6-5-7-9-13;1-3-2/h5-9H,3-4,10-12H2,1-2H3;3H2,1-2H3. The summed E-state index contributed by atoms with van der Waals surface area (Å²) in [5, 5.41) is 0. The van der Waals surface area contributed by atoms with E-state index in [2.05, 4.69) is 62.9 Å². The lowest BCUT2D eigenvalue weighted by Gasteiger charge is -2.20. The average molecular weight is 235 g/mol. The molecule has 0 spiro atoms. The molecule has 0 bridgehead atoms. The van der Waals surface area contributed by atoms with Crippen LogP contribution in [0.25, 0.3) is 0 Å². The zero-order chi connectivity index (χ0) is 12.9. The number of hydrogen-bond donors (Lipinski definition) is 0. The molecule has 0 atom stereocenters. The van der Waals surface area contributed by atoms with Gasteiger partial charge >= 0.3 is 0 Å². The highest BCUT2D eigenvalue weighted by Crippen LogP contribution is 2.05. The first-order valence-corrected chi connectivity index (χ1v) is 7.04. The minimum atomic E-state index is 1.10. The lowest BCUT2D eigenvalue weighted by Crippen LogP contribution is -2.24. The van der Waals surface area contributed by atoms with Crippen molar-refractivity contribution in [3.05, 3.63) is 35.9 Å².